The number of alkyl carbamates (subject to hydrolysis) is 3. The number of hydrogen-bond acceptors (Lipinski definition) is 21. The topological polar surface area (TPSA) is 567 Å². The number of likely N-dealkylation sites (tertiary alicyclic amines) is 3. The fourth-order valence-electron chi connectivity index (χ4n) is 22.1. The normalized spacial score (nSPS) is 23.3. The number of piperidine rings is 3. The molecule has 0 bridgehead atoms. The minimum Gasteiger partial charge on any atom is -0.447 e. The van der Waals surface area contributed by atoms with Gasteiger partial charge in [-0.3, -0.25) is 57.5 Å². The lowest BCUT2D eigenvalue weighted by Gasteiger charge is -2.39. The van der Waals surface area contributed by atoms with Gasteiger partial charge >= 0.3 is 36.4 Å². The smallest absolute Gasteiger partial charge is 0.407 e. The van der Waals surface area contributed by atoms with Crippen LogP contribution in [0.15, 0.2) is 84.9 Å². The maximum Gasteiger partial charge on any atom is 0.407 e. The van der Waals surface area contributed by atoms with E-state index in [0.29, 0.717) is 71.4 Å². The molecule has 6 saturated carbocycles. The van der Waals surface area contributed by atoms with Gasteiger partial charge in [-0.05, 0) is 164 Å². The number of nitrogens with zero attached hydrogens (tertiary/aromatic N) is 3. The molecule has 18 atom stereocenters. The molecule has 7 aliphatic carbocycles. The second-order valence-electron chi connectivity index (χ2n) is 49.9. The quantitative estimate of drug-likeness (QED) is 0.0188. The maximum absolute atomic E-state index is 14.7. The Labute approximate surface area is 875 Å². The second kappa shape index (κ2) is 47.4. The summed E-state index contributed by atoms with van der Waals surface area (Å²) in [4.78, 5) is 241. The fourth-order valence-corrected chi connectivity index (χ4v) is 22.1. The molecule has 3 aromatic carbocycles. The predicted octanol–water partition coefficient (Wildman–Crippen LogP) is 8.56. The molecule has 3 saturated heterocycles. The lowest BCUT2D eigenvalue weighted by atomic mass is 9.80. The van der Waals surface area contributed by atoms with Crippen molar-refractivity contribution in [2.45, 2.75) is 321 Å². The van der Waals surface area contributed by atoms with Crippen LogP contribution in [0.3, 0.4) is 0 Å². The van der Waals surface area contributed by atoms with Gasteiger partial charge in [-0.2, -0.15) is 0 Å². The highest BCUT2D eigenvalue weighted by molar-refractivity contribution is 6.39. The van der Waals surface area contributed by atoms with Gasteiger partial charge in [-0.15, -0.1) is 0 Å². The Bertz CT molecular complexity index is 5390. The maximum atomic E-state index is 14.7. The van der Waals surface area contributed by atoms with Crippen LogP contribution in [0.1, 0.15) is 245 Å². The van der Waals surface area contributed by atoms with Gasteiger partial charge in [0.25, 0.3) is 17.7 Å². The molecule has 3 aliphatic heterocycles. The Morgan fingerprint density at radius 2 is 0.638 bits per heavy atom. The molecular formula is C110H164N18O21. The number of carbonyl (C=O) groups excluding carboxylic acids is 18. The third-order valence-electron chi connectivity index (χ3n) is 32.7. The highest BCUT2D eigenvalue weighted by Crippen LogP contribution is 2.67. The van der Waals surface area contributed by atoms with E-state index in [4.69, 9.17) is 31.4 Å². The van der Waals surface area contributed by atoms with Crippen LogP contribution in [0.2, 0.25) is 0 Å². The number of amides is 18. The number of benzene rings is 3. The number of nitrogens with one attached hydrogen (secondary N) is 12. The number of urea groups is 3. The number of fused-ring (bicyclic) bond motifs is 4. The van der Waals surface area contributed by atoms with E-state index in [2.05, 4.69) is 91.5 Å². The zero-order chi connectivity index (χ0) is 110. The number of ether oxygens (including phenoxy) is 3. The number of ketones is 3. The van der Waals surface area contributed by atoms with E-state index in [1.807, 2.05) is 203 Å². The van der Waals surface area contributed by atoms with Crippen LogP contribution in [0.4, 0.5) is 28.8 Å². The van der Waals surface area contributed by atoms with Crippen molar-refractivity contribution >= 4 is 107 Å². The molecule has 18 N–H and O–H groups in total. The number of Topliss-reactive ketones (excluding diaryl/α,β-unsaturated/α-hetero) is 3. The molecule has 10 aliphatic rings. The lowest BCUT2D eigenvalue weighted by molar-refractivity contribution is -0.145. The minimum absolute atomic E-state index is 0.0593. The van der Waals surface area contributed by atoms with E-state index >= 15 is 0 Å². The molecule has 0 aromatic heterocycles. The summed E-state index contributed by atoms with van der Waals surface area (Å²) in [6.07, 6.45) is 7.80. The molecule has 3 heterocycles. The SMILES string of the molecule is CC(C)(C)[C@H](COC(=O)NCc1ccccc1)NC(=O)N[C@H](C(=O)N1C[C@H]2[C@@H]([C@H]1C(=O)NC(CC1CCC1)C(=O)C(N)=O)C2(C)C)C(C)(C)C.CC(C)(C)[C@H](NC(=O)N[C@H](COC(=O)NCc1ccccc1)C(C)(C)C)C(=O)N1C[C@H]2[C@@H]([C@H]1C(=O)NC(CC1CC1)C(=O)C(N)=O)C2(C)C.CCNC(=O)OC[C@@H](NC(=O)N[C@H](C(=O)N1C[C@H]2[C@@H]([C@H]1C(=O)NC(CC1CCC1)C(=O)C(N)=O)C2(C)C)C1Cc2ccccc2C1)C(C)(C)C. The van der Waals surface area contributed by atoms with Gasteiger partial charge in [0.2, 0.25) is 52.8 Å². The van der Waals surface area contributed by atoms with Crippen molar-refractivity contribution in [3.8, 4) is 0 Å². The van der Waals surface area contributed by atoms with Crippen LogP contribution in [0, 0.1) is 102 Å². The van der Waals surface area contributed by atoms with Gasteiger partial charge in [0.1, 0.15) is 56.1 Å². The monoisotopic (exact) mass is 2070 g/mol. The number of rotatable bonds is 39. The van der Waals surface area contributed by atoms with Gasteiger partial charge in [0.05, 0.1) is 36.3 Å². The van der Waals surface area contributed by atoms with Gasteiger partial charge in [0, 0.05) is 39.3 Å². The zero-order valence-electron chi connectivity index (χ0n) is 91.0. The van der Waals surface area contributed by atoms with E-state index < -0.39 is 201 Å². The molecule has 18 amide bonds. The highest BCUT2D eigenvalue weighted by Gasteiger charge is 2.73. The summed E-state index contributed by atoms with van der Waals surface area (Å²) in [6, 6.07) is 14.3. The average molecular weight is 2070 g/mol. The van der Waals surface area contributed by atoms with E-state index in [-0.39, 0.29) is 101 Å². The summed E-state index contributed by atoms with van der Waals surface area (Å²) in [7, 11) is 0. The van der Waals surface area contributed by atoms with Crippen LogP contribution in [0.5, 0.6) is 0 Å². The highest BCUT2D eigenvalue weighted by atomic mass is 16.6. The molecule has 9 fully saturated rings. The summed E-state index contributed by atoms with van der Waals surface area (Å²) in [5.74, 6) is -8.40. The molecule has 39 heteroatoms. The number of carbonyl (C=O) groups is 18. The summed E-state index contributed by atoms with van der Waals surface area (Å²) in [5, 5.41) is 33.7. The summed E-state index contributed by atoms with van der Waals surface area (Å²) >= 11 is 0. The van der Waals surface area contributed by atoms with Crippen LogP contribution in [0.25, 0.3) is 0 Å². The van der Waals surface area contributed by atoms with Crippen molar-refractivity contribution in [2.75, 3.05) is 46.0 Å². The Morgan fingerprint density at radius 1 is 0.356 bits per heavy atom. The summed E-state index contributed by atoms with van der Waals surface area (Å²) in [6.45, 7) is 43.9. The molecule has 0 spiro atoms. The first-order chi connectivity index (χ1) is 69.4. The van der Waals surface area contributed by atoms with E-state index in [1.165, 1.54) is 9.80 Å². The van der Waals surface area contributed by atoms with E-state index in [9.17, 15) is 86.3 Å². The second-order valence-corrected chi connectivity index (χ2v) is 49.9. The first kappa shape index (κ1) is 117. The Hall–Kier alpha value is -12.5. The first-order valence-corrected chi connectivity index (χ1v) is 52.9. The van der Waals surface area contributed by atoms with Crippen molar-refractivity contribution < 1.29 is 101 Å². The fraction of sp³-hybridized carbons (Fsp3) is 0.673. The van der Waals surface area contributed by atoms with Crippen LogP contribution < -0.4 is 81.0 Å². The summed E-state index contributed by atoms with van der Waals surface area (Å²) in [5.41, 5.74) is 16.4. The Morgan fingerprint density at radius 3 is 0.906 bits per heavy atom. The van der Waals surface area contributed by atoms with Crippen molar-refractivity contribution in [2.24, 2.45) is 120 Å². The van der Waals surface area contributed by atoms with Crippen molar-refractivity contribution in [1.29, 1.82) is 0 Å². The van der Waals surface area contributed by atoms with Crippen molar-refractivity contribution in [1.82, 2.24) is 78.5 Å². The molecule has 149 heavy (non-hydrogen) atoms. The first-order valence-electron chi connectivity index (χ1n) is 52.9. The molecular weight excluding hydrogens is 1910 g/mol. The van der Waals surface area contributed by atoms with E-state index in [0.717, 1.165) is 73.6 Å². The number of hydrogen-bond donors (Lipinski definition) is 15. The predicted molar refractivity (Wildman–Crippen MR) is 555 cm³/mol. The minimum atomic E-state index is -1.11. The Balaban J connectivity index is 0.000000212. The molecule has 13 rings (SSSR count). The largest absolute Gasteiger partial charge is 0.447 e. The Kier molecular flexibility index (Phi) is 37.1. The molecule has 3 aromatic rings. The van der Waals surface area contributed by atoms with Crippen molar-refractivity contribution in [3.63, 3.8) is 0 Å². The molecule has 0 radical (unpaired) electrons. The summed E-state index contributed by atoms with van der Waals surface area (Å²) < 4.78 is 16.3. The lowest BCUT2D eigenvalue weighted by Crippen LogP contribution is -2.62. The van der Waals surface area contributed by atoms with Crippen molar-refractivity contribution in [3.05, 3.63) is 107 Å². The van der Waals surface area contributed by atoms with Gasteiger partial charge in [0.15, 0.2) is 0 Å². The van der Waals surface area contributed by atoms with Gasteiger partial charge < -0.3 is 110 Å². The van der Waals surface area contributed by atoms with Crippen LogP contribution >= 0.6 is 0 Å². The molecule has 820 valence electrons. The molecule has 39 nitrogen and oxygen atoms in total. The van der Waals surface area contributed by atoms with Crippen LogP contribution in [-0.2, 0) is 97.7 Å². The zero-order valence-corrected chi connectivity index (χ0v) is 91.0. The third-order valence-corrected chi connectivity index (χ3v) is 32.7. The standard InChI is InChI=1S/C37H54N6O7.C37H56N6O7.C36H54N6O7/c1-7-39-35(49)50-19-26(36(2,3)4)41-34(48)42-28(23-16-21-13-8-9-14-22(21)17-23)33(47)43-18-24-27(37(24,5)6)29(43)32(46)40-25(30(44)31(38)45)15-20-11-10-12-20;1-35(2,3)25(20-50-34(49)39-18-22-13-10-9-11-14-22)41-33(48)42-29(36(4,5)6)32(47)43-19-23-26(37(23,7)8)27(43)31(46)40-24(28(44)30(38)45)17-21-15-12-16-21;1-34(2,3)24(19-49-33(48)38-17-21-12-10-9-11-13-21)40-32(47)41-28(35(4,5)6)31(46)42-18-22-25(36(22,7)8)26(42)30(45)39-23(16-20-14-15-20)27(43)29(37)44/h8-9,13-14,20,23-29H,7,10-12,15-19H2,1-6H3,(H2,38,45)(H,39,49)(H,40,46)(H2,41,42,48);9-11,13-14,21,23-27,29H,12,15-20H2,1-8H3,(H2,38,45)(H,39,49)(H,40,46)(H2,41,42,48);9-13,20,22-26,28H,14-19H2,1-8H3,(H2,37,44)(H,38,48)(H,39,45)(H2,40,41,47)/t24-,25?,26+,27-,28-,29-;23-,24?,25-,26-,27-,29+;22-,23?,24+,25-,26-,28+/m000/s1. The molecule has 3 unspecified atom stereocenters. The van der Waals surface area contributed by atoms with Gasteiger partial charge in [-0.25, -0.2) is 28.8 Å². The van der Waals surface area contributed by atoms with Gasteiger partial charge in [-0.1, -0.05) is 282 Å². The number of nitrogens with two attached hydrogens (primary N) is 3. The third kappa shape index (κ3) is 29.6. The average Bonchev–Trinajstić information content (AvgIpc) is 1.53. The van der Waals surface area contributed by atoms with Crippen LogP contribution in [-0.4, -0.2) is 240 Å². The number of primary amides is 3. The van der Waals surface area contributed by atoms with E-state index in [1.54, 1.807) is 11.8 Å².